The van der Waals surface area contributed by atoms with Crippen LogP contribution >= 0.6 is 0 Å². The lowest BCUT2D eigenvalue weighted by Gasteiger charge is -2.43. The highest BCUT2D eigenvalue weighted by molar-refractivity contribution is 6.04. The number of aliphatic imine (C=N–C) groups is 1. The van der Waals surface area contributed by atoms with Crippen LogP contribution in [-0.2, 0) is 4.79 Å². The number of amides is 1. The van der Waals surface area contributed by atoms with Crippen molar-refractivity contribution in [2.75, 3.05) is 19.6 Å². The minimum Gasteiger partial charge on any atom is -0.454 e. The molecule has 0 aliphatic carbocycles. The van der Waals surface area contributed by atoms with Gasteiger partial charge in [0.25, 0.3) is 0 Å². The third kappa shape index (κ3) is 3.74. The van der Waals surface area contributed by atoms with Crippen LogP contribution in [0.15, 0.2) is 47.5 Å². The molecule has 0 bridgehead atoms. The number of rotatable bonds is 0. The molecule has 1 fully saturated rings. The zero-order valence-electron chi connectivity index (χ0n) is 17.9. The van der Waals surface area contributed by atoms with Crippen molar-refractivity contribution in [3.8, 4) is 11.5 Å². The van der Waals surface area contributed by atoms with Gasteiger partial charge in [0.05, 0.1) is 5.56 Å². The van der Waals surface area contributed by atoms with Gasteiger partial charge in [-0.15, -0.1) is 0 Å². The van der Waals surface area contributed by atoms with E-state index < -0.39 is 0 Å². The maximum absolute atomic E-state index is 12.8. The summed E-state index contributed by atoms with van der Waals surface area (Å²) in [6, 6.07) is 14.3. The van der Waals surface area contributed by atoms with E-state index in [1.165, 1.54) is 0 Å². The van der Waals surface area contributed by atoms with Gasteiger partial charge in [0.2, 0.25) is 5.91 Å². The molecule has 0 N–H and O–H groups in total. The first-order chi connectivity index (χ1) is 13.7. The topological polar surface area (TPSA) is 45.1 Å². The molecule has 152 valence electrons. The fraction of sp³-hybridized carbons (Fsp3) is 0.417. The number of para-hydroxylation sites is 1. The third-order valence-corrected chi connectivity index (χ3v) is 5.52. The molecule has 4 rings (SSSR count). The SMILES string of the molecule is Cc1ccc2c(c1)Oc1ccccc1C(N1CCN(C(=O)C(C)(C)C)C(C)C1)=N2. The van der Waals surface area contributed by atoms with Crippen LogP contribution in [0.25, 0.3) is 0 Å². The van der Waals surface area contributed by atoms with Crippen LogP contribution in [0.3, 0.4) is 0 Å². The van der Waals surface area contributed by atoms with Gasteiger partial charge in [0, 0.05) is 31.1 Å². The van der Waals surface area contributed by atoms with E-state index in [1.54, 1.807) is 0 Å². The van der Waals surface area contributed by atoms with Gasteiger partial charge in [0.1, 0.15) is 17.3 Å². The Balaban J connectivity index is 1.69. The summed E-state index contributed by atoms with van der Waals surface area (Å²) in [7, 11) is 0. The first-order valence-electron chi connectivity index (χ1n) is 10.3. The second-order valence-electron chi connectivity index (χ2n) is 9.05. The maximum atomic E-state index is 12.8. The highest BCUT2D eigenvalue weighted by Crippen LogP contribution is 2.39. The van der Waals surface area contributed by atoms with E-state index in [0.717, 1.165) is 47.2 Å². The minimum atomic E-state index is -0.368. The highest BCUT2D eigenvalue weighted by atomic mass is 16.5. The molecule has 2 aliphatic heterocycles. The van der Waals surface area contributed by atoms with E-state index in [0.29, 0.717) is 6.54 Å². The van der Waals surface area contributed by atoms with Crippen molar-refractivity contribution in [1.29, 1.82) is 0 Å². The molecule has 1 saturated heterocycles. The van der Waals surface area contributed by atoms with Crippen molar-refractivity contribution < 1.29 is 9.53 Å². The van der Waals surface area contributed by atoms with Crippen LogP contribution in [0.5, 0.6) is 11.5 Å². The van der Waals surface area contributed by atoms with Crippen LogP contribution in [0.4, 0.5) is 5.69 Å². The second-order valence-corrected chi connectivity index (χ2v) is 9.05. The molecular weight excluding hydrogens is 362 g/mol. The largest absolute Gasteiger partial charge is 0.454 e. The maximum Gasteiger partial charge on any atom is 0.228 e. The number of benzene rings is 2. The summed E-state index contributed by atoms with van der Waals surface area (Å²) in [4.78, 5) is 22.1. The molecule has 1 amide bonds. The average Bonchev–Trinajstić information content (AvgIpc) is 2.83. The molecule has 0 aromatic heterocycles. The molecule has 2 aromatic rings. The monoisotopic (exact) mass is 391 g/mol. The molecule has 1 unspecified atom stereocenters. The third-order valence-electron chi connectivity index (χ3n) is 5.52. The summed E-state index contributed by atoms with van der Waals surface area (Å²) in [5, 5.41) is 0. The molecule has 2 aliphatic rings. The number of hydrogen-bond acceptors (Lipinski definition) is 4. The van der Waals surface area contributed by atoms with Crippen molar-refractivity contribution in [1.82, 2.24) is 9.80 Å². The number of ether oxygens (including phenoxy) is 1. The lowest BCUT2D eigenvalue weighted by Crippen LogP contribution is -2.57. The smallest absolute Gasteiger partial charge is 0.228 e. The average molecular weight is 392 g/mol. The number of fused-ring (bicyclic) bond motifs is 2. The molecular formula is C24H29N3O2. The van der Waals surface area contributed by atoms with E-state index >= 15 is 0 Å². The first-order valence-corrected chi connectivity index (χ1v) is 10.3. The molecule has 2 heterocycles. The van der Waals surface area contributed by atoms with Crippen LogP contribution in [0, 0.1) is 12.3 Å². The summed E-state index contributed by atoms with van der Waals surface area (Å²) in [6.07, 6.45) is 0. The van der Waals surface area contributed by atoms with Gasteiger partial charge in [0.15, 0.2) is 5.75 Å². The first kappa shape index (κ1) is 19.5. The lowest BCUT2D eigenvalue weighted by molar-refractivity contribution is -0.143. The van der Waals surface area contributed by atoms with Crippen molar-refractivity contribution in [3.05, 3.63) is 53.6 Å². The predicted molar refractivity (Wildman–Crippen MR) is 116 cm³/mol. The molecule has 0 saturated carbocycles. The van der Waals surface area contributed by atoms with Crippen LogP contribution in [0.1, 0.15) is 38.8 Å². The molecule has 0 spiro atoms. The van der Waals surface area contributed by atoms with Crippen LogP contribution in [-0.4, -0.2) is 47.2 Å². The number of hydrogen-bond donors (Lipinski definition) is 0. The molecule has 2 aromatic carbocycles. The predicted octanol–water partition coefficient (Wildman–Crippen LogP) is 4.76. The van der Waals surface area contributed by atoms with Crippen molar-refractivity contribution in [2.45, 2.75) is 40.7 Å². The summed E-state index contributed by atoms with van der Waals surface area (Å²) in [5.41, 5.74) is 2.60. The Bertz CT molecular complexity index is 974. The van der Waals surface area contributed by atoms with Gasteiger partial charge in [-0.25, -0.2) is 4.99 Å². The van der Waals surface area contributed by atoms with Crippen molar-refractivity contribution >= 4 is 17.4 Å². The van der Waals surface area contributed by atoms with Gasteiger partial charge in [-0.2, -0.15) is 0 Å². The number of amidine groups is 1. The van der Waals surface area contributed by atoms with Crippen molar-refractivity contribution in [3.63, 3.8) is 0 Å². The Kier molecular flexibility index (Phi) is 4.85. The van der Waals surface area contributed by atoms with Gasteiger partial charge in [-0.3, -0.25) is 4.79 Å². The Labute approximate surface area is 173 Å². The standard InChI is InChI=1S/C24H29N3O2/c1-16-10-11-19-21(14-16)29-20-9-7-6-8-18(20)22(25-19)26-12-13-27(17(2)15-26)23(28)24(3,4)5/h6-11,14,17H,12-13,15H2,1-5H3. The van der Waals surface area contributed by atoms with E-state index in [9.17, 15) is 4.79 Å². The highest BCUT2D eigenvalue weighted by Gasteiger charge is 2.35. The Morgan fingerprint density at radius 1 is 1.10 bits per heavy atom. The zero-order chi connectivity index (χ0) is 20.8. The molecule has 5 heteroatoms. The Hall–Kier alpha value is -2.82. The van der Waals surface area contributed by atoms with E-state index in [4.69, 9.17) is 9.73 Å². The molecule has 5 nitrogen and oxygen atoms in total. The number of carbonyl (C=O) groups excluding carboxylic acids is 1. The van der Waals surface area contributed by atoms with Gasteiger partial charge in [-0.05, 0) is 43.7 Å². The summed E-state index contributed by atoms with van der Waals surface area (Å²) >= 11 is 0. The van der Waals surface area contributed by atoms with E-state index in [-0.39, 0.29) is 17.4 Å². The van der Waals surface area contributed by atoms with Gasteiger partial charge in [-0.1, -0.05) is 39.0 Å². The van der Waals surface area contributed by atoms with Crippen molar-refractivity contribution in [2.24, 2.45) is 10.4 Å². The number of carbonyl (C=O) groups is 1. The van der Waals surface area contributed by atoms with Crippen LogP contribution in [0.2, 0.25) is 0 Å². The summed E-state index contributed by atoms with van der Waals surface area (Å²) in [6.45, 7) is 12.3. The van der Waals surface area contributed by atoms with E-state index in [1.807, 2.05) is 56.0 Å². The lowest BCUT2D eigenvalue weighted by atomic mass is 9.93. The van der Waals surface area contributed by atoms with Gasteiger partial charge < -0.3 is 14.5 Å². The normalized spacial score (nSPS) is 18.9. The summed E-state index contributed by atoms with van der Waals surface area (Å²) in [5.74, 6) is 2.72. The minimum absolute atomic E-state index is 0.118. The zero-order valence-corrected chi connectivity index (χ0v) is 17.9. The second kappa shape index (κ2) is 7.21. The quantitative estimate of drug-likeness (QED) is 0.650. The summed E-state index contributed by atoms with van der Waals surface area (Å²) < 4.78 is 6.23. The molecule has 29 heavy (non-hydrogen) atoms. The molecule has 0 radical (unpaired) electrons. The van der Waals surface area contributed by atoms with E-state index in [2.05, 4.69) is 30.9 Å². The Morgan fingerprint density at radius 3 is 2.59 bits per heavy atom. The molecule has 1 atom stereocenters. The number of aryl methyl sites for hydroxylation is 1. The van der Waals surface area contributed by atoms with Gasteiger partial charge >= 0.3 is 0 Å². The Morgan fingerprint density at radius 2 is 1.86 bits per heavy atom. The fourth-order valence-corrected chi connectivity index (χ4v) is 3.95. The number of piperazine rings is 1. The fourth-order valence-electron chi connectivity index (χ4n) is 3.95. The number of nitrogens with zero attached hydrogens (tertiary/aromatic N) is 3. The van der Waals surface area contributed by atoms with Crippen LogP contribution < -0.4 is 4.74 Å².